The number of halogens is 1. The van der Waals surface area contributed by atoms with E-state index in [4.69, 9.17) is 0 Å². The average Bonchev–Trinajstić information content (AvgIpc) is 2.26. The van der Waals surface area contributed by atoms with Crippen molar-refractivity contribution in [1.82, 2.24) is 0 Å². The lowest BCUT2D eigenvalue weighted by Crippen LogP contribution is -2.24. The number of allylic oxidation sites excluding steroid dienone is 1. The van der Waals surface area contributed by atoms with Gasteiger partial charge >= 0.3 is 0 Å². The molecule has 0 saturated heterocycles. The zero-order chi connectivity index (χ0) is 10.7. The quantitative estimate of drug-likeness (QED) is 0.741. The number of benzene rings is 1. The highest BCUT2D eigenvalue weighted by Crippen LogP contribution is 2.27. The van der Waals surface area contributed by atoms with Crippen molar-refractivity contribution in [2.45, 2.75) is 12.8 Å². The Labute approximate surface area is 99.9 Å². The standard InChI is InChI=1S/C13H16BrN/c1-15-9-3-5-12-10-11(4-2-8-14)6-7-13(12)15/h2,4,6-7,10H,3,5,8-9H2,1H3/b4-2+. The molecule has 0 aromatic heterocycles. The summed E-state index contributed by atoms with van der Waals surface area (Å²) in [7, 11) is 2.17. The molecule has 1 heterocycles. The minimum absolute atomic E-state index is 0.921. The molecular formula is C13H16BrN. The summed E-state index contributed by atoms with van der Waals surface area (Å²) in [6, 6.07) is 6.74. The molecule has 0 amide bonds. The Balaban J connectivity index is 2.29. The molecule has 0 unspecified atom stereocenters. The molecule has 1 aromatic carbocycles. The molecule has 0 aliphatic carbocycles. The van der Waals surface area contributed by atoms with E-state index >= 15 is 0 Å². The molecule has 0 atom stereocenters. The predicted molar refractivity (Wildman–Crippen MR) is 70.9 cm³/mol. The van der Waals surface area contributed by atoms with E-state index in [2.05, 4.69) is 58.2 Å². The summed E-state index contributed by atoms with van der Waals surface area (Å²) in [6.45, 7) is 1.18. The smallest absolute Gasteiger partial charge is 0.0396 e. The Hall–Kier alpha value is -0.760. The Morgan fingerprint density at radius 2 is 2.33 bits per heavy atom. The number of fused-ring (bicyclic) bond motifs is 1. The van der Waals surface area contributed by atoms with Gasteiger partial charge in [0, 0.05) is 24.6 Å². The Bertz CT molecular complexity index is 371. The summed E-state index contributed by atoms with van der Waals surface area (Å²) < 4.78 is 0. The van der Waals surface area contributed by atoms with Crippen molar-refractivity contribution >= 4 is 27.7 Å². The van der Waals surface area contributed by atoms with E-state index < -0.39 is 0 Å². The van der Waals surface area contributed by atoms with E-state index in [0.717, 1.165) is 5.33 Å². The fourth-order valence-corrected chi connectivity index (χ4v) is 2.28. The molecule has 80 valence electrons. The summed E-state index contributed by atoms with van der Waals surface area (Å²) in [5, 5.41) is 0.921. The molecule has 0 fully saturated rings. The van der Waals surface area contributed by atoms with Gasteiger partial charge in [-0.1, -0.05) is 34.1 Å². The van der Waals surface area contributed by atoms with Crippen LogP contribution in [-0.2, 0) is 6.42 Å². The number of hydrogen-bond acceptors (Lipinski definition) is 1. The maximum atomic E-state index is 3.40. The van der Waals surface area contributed by atoms with Gasteiger partial charge in [0.05, 0.1) is 0 Å². The van der Waals surface area contributed by atoms with Crippen LogP contribution >= 0.6 is 15.9 Å². The number of anilines is 1. The van der Waals surface area contributed by atoms with Gasteiger partial charge in [-0.3, -0.25) is 0 Å². The minimum atomic E-state index is 0.921. The minimum Gasteiger partial charge on any atom is -0.374 e. The van der Waals surface area contributed by atoms with E-state index in [0.29, 0.717) is 0 Å². The van der Waals surface area contributed by atoms with Crippen molar-refractivity contribution in [2.75, 3.05) is 23.8 Å². The van der Waals surface area contributed by atoms with Gasteiger partial charge in [-0.2, -0.15) is 0 Å². The number of nitrogens with zero attached hydrogens (tertiary/aromatic N) is 1. The summed E-state index contributed by atoms with van der Waals surface area (Å²) >= 11 is 3.40. The van der Waals surface area contributed by atoms with E-state index in [9.17, 15) is 0 Å². The zero-order valence-electron chi connectivity index (χ0n) is 9.04. The first-order chi connectivity index (χ1) is 7.31. The van der Waals surface area contributed by atoms with Crippen LogP contribution in [0.3, 0.4) is 0 Å². The van der Waals surface area contributed by atoms with Crippen LogP contribution in [-0.4, -0.2) is 18.9 Å². The third-order valence-corrected chi connectivity index (χ3v) is 3.23. The topological polar surface area (TPSA) is 3.24 Å². The summed E-state index contributed by atoms with van der Waals surface area (Å²) in [5.74, 6) is 0. The van der Waals surface area contributed by atoms with Gasteiger partial charge in [0.15, 0.2) is 0 Å². The van der Waals surface area contributed by atoms with E-state index in [1.807, 2.05) is 0 Å². The van der Waals surface area contributed by atoms with Gasteiger partial charge in [-0.15, -0.1) is 0 Å². The van der Waals surface area contributed by atoms with Crippen LogP contribution in [0.4, 0.5) is 5.69 Å². The lowest BCUT2D eigenvalue weighted by molar-refractivity contribution is 0.744. The van der Waals surface area contributed by atoms with Crippen LogP contribution in [0.2, 0.25) is 0 Å². The largest absolute Gasteiger partial charge is 0.374 e. The van der Waals surface area contributed by atoms with E-state index in [1.54, 1.807) is 0 Å². The van der Waals surface area contributed by atoms with Crippen LogP contribution < -0.4 is 4.90 Å². The Morgan fingerprint density at radius 3 is 3.13 bits per heavy atom. The Kier molecular flexibility index (Phi) is 3.47. The first kappa shape index (κ1) is 10.7. The first-order valence-corrected chi connectivity index (χ1v) is 6.50. The normalized spacial score (nSPS) is 15.7. The molecule has 0 radical (unpaired) electrons. The second-order valence-electron chi connectivity index (χ2n) is 3.97. The van der Waals surface area contributed by atoms with Gasteiger partial charge in [-0.05, 0) is 36.1 Å². The third kappa shape index (κ3) is 2.43. The molecular weight excluding hydrogens is 250 g/mol. The van der Waals surface area contributed by atoms with Crippen molar-refractivity contribution in [2.24, 2.45) is 0 Å². The van der Waals surface area contributed by atoms with Crippen molar-refractivity contribution < 1.29 is 0 Å². The van der Waals surface area contributed by atoms with E-state index in [1.165, 1.54) is 36.2 Å². The average molecular weight is 266 g/mol. The molecule has 1 aliphatic rings. The molecule has 1 nitrogen and oxygen atoms in total. The summed E-state index contributed by atoms with van der Waals surface area (Å²) in [6.07, 6.45) is 6.79. The maximum absolute atomic E-state index is 3.40. The van der Waals surface area contributed by atoms with Gasteiger partial charge < -0.3 is 4.90 Å². The van der Waals surface area contributed by atoms with Crippen molar-refractivity contribution in [3.05, 3.63) is 35.4 Å². The first-order valence-electron chi connectivity index (χ1n) is 5.38. The molecule has 1 aliphatic heterocycles. The fourth-order valence-electron chi connectivity index (χ4n) is 2.09. The van der Waals surface area contributed by atoms with Crippen LogP contribution in [0.5, 0.6) is 0 Å². The second-order valence-corrected chi connectivity index (χ2v) is 4.62. The molecule has 0 spiro atoms. The van der Waals surface area contributed by atoms with Gasteiger partial charge in [0.1, 0.15) is 0 Å². The second kappa shape index (κ2) is 4.84. The Morgan fingerprint density at radius 1 is 1.47 bits per heavy atom. The zero-order valence-corrected chi connectivity index (χ0v) is 10.6. The highest BCUT2D eigenvalue weighted by Gasteiger charge is 2.12. The van der Waals surface area contributed by atoms with Crippen molar-refractivity contribution in [3.63, 3.8) is 0 Å². The molecule has 2 heteroatoms. The molecule has 1 aromatic rings. The molecule has 15 heavy (non-hydrogen) atoms. The van der Waals surface area contributed by atoms with Crippen LogP contribution in [0.15, 0.2) is 24.3 Å². The molecule has 0 saturated carbocycles. The maximum Gasteiger partial charge on any atom is 0.0396 e. The van der Waals surface area contributed by atoms with Crippen molar-refractivity contribution in [1.29, 1.82) is 0 Å². The van der Waals surface area contributed by atoms with Crippen LogP contribution in [0.25, 0.3) is 6.08 Å². The fraction of sp³-hybridized carbons (Fsp3) is 0.385. The monoisotopic (exact) mass is 265 g/mol. The predicted octanol–water partition coefficient (Wildman–Crippen LogP) is 3.48. The number of alkyl halides is 1. The number of rotatable bonds is 2. The van der Waals surface area contributed by atoms with Crippen LogP contribution in [0, 0.1) is 0 Å². The highest BCUT2D eigenvalue weighted by molar-refractivity contribution is 9.09. The lowest BCUT2D eigenvalue weighted by atomic mass is 9.99. The number of hydrogen-bond donors (Lipinski definition) is 0. The summed E-state index contributed by atoms with van der Waals surface area (Å²) in [5.41, 5.74) is 4.20. The SMILES string of the molecule is CN1CCCc2cc(/C=C/CBr)ccc21. The van der Waals surface area contributed by atoms with E-state index in [-0.39, 0.29) is 0 Å². The molecule has 2 rings (SSSR count). The third-order valence-electron chi connectivity index (χ3n) is 2.85. The molecule has 0 bridgehead atoms. The number of aryl methyl sites for hydroxylation is 1. The van der Waals surface area contributed by atoms with Gasteiger partial charge in [-0.25, -0.2) is 0 Å². The van der Waals surface area contributed by atoms with Crippen LogP contribution in [0.1, 0.15) is 17.5 Å². The highest BCUT2D eigenvalue weighted by atomic mass is 79.9. The lowest BCUT2D eigenvalue weighted by Gasteiger charge is -2.27. The molecule has 0 N–H and O–H groups in total. The van der Waals surface area contributed by atoms with Gasteiger partial charge in [0.2, 0.25) is 0 Å². The summed E-state index contributed by atoms with van der Waals surface area (Å²) in [4.78, 5) is 2.34. The van der Waals surface area contributed by atoms with Gasteiger partial charge in [0.25, 0.3) is 0 Å². The van der Waals surface area contributed by atoms with Crippen molar-refractivity contribution in [3.8, 4) is 0 Å².